The molecule has 0 aromatic heterocycles. The summed E-state index contributed by atoms with van der Waals surface area (Å²) in [6.07, 6.45) is -11.1. The van der Waals surface area contributed by atoms with E-state index in [0.29, 0.717) is 5.56 Å². The number of methoxy groups -OCH3 is 1. The third-order valence-corrected chi connectivity index (χ3v) is 5.82. The van der Waals surface area contributed by atoms with E-state index in [1.165, 1.54) is 31.4 Å². The van der Waals surface area contributed by atoms with Crippen LogP contribution in [0, 0.1) is 0 Å². The molecule has 2 unspecified atom stereocenters. The van der Waals surface area contributed by atoms with Gasteiger partial charge in [-0.3, -0.25) is 0 Å². The fourth-order valence-corrected chi connectivity index (χ4v) is 4.06. The van der Waals surface area contributed by atoms with Crippen molar-refractivity contribution in [1.29, 1.82) is 0 Å². The molecule has 0 bridgehead atoms. The number of carboxylic acids is 1. The highest BCUT2D eigenvalue weighted by Crippen LogP contribution is 2.44. The molecule has 7 N–H and O–H groups in total. The number of rotatable bonds is 5. The number of phenolic OH excluding ortho intramolecular Hbond substituents is 3. The fourth-order valence-electron chi connectivity index (χ4n) is 4.06. The van der Waals surface area contributed by atoms with Gasteiger partial charge in [0.05, 0.1) is 7.11 Å². The van der Waals surface area contributed by atoms with Gasteiger partial charge in [0, 0.05) is 24.1 Å². The smallest absolute Gasteiger partial charge is 0.335 e. The number of aromatic hydroxyl groups is 3. The summed E-state index contributed by atoms with van der Waals surface area (Å²) >= 11 is 0. The summed E-state index contributed by atoms with van der Waals surface area (Å²) in [6, 6.07) is 6.75. The molecule has 1 fully saturated rings. The number of aliphatic carboxylic acids is 1. The largest absolute Gasteiger partial charge is 0.508 e. The first-order valence-electron chi connectivity index (χ1n) is 10.3. The maximum absolute atomic E-state index is 11.4. The molecule has 7 atom stereocenters. The van der Waals surface area contributed by atoms with Crippen LogP contribution in [0.15, 0.2) is 30.3 Å². The number of hydrogen-bond donors (Lipinski definition) is 7. The van der Waals surface area contributed by atoms with Gasteiger partial charge in [-0.05, 0) is 17.7 Å². The molecule has 12 heteroatoms. The SMILES string of the molecule is COc1cc(C2Oc3cc(O)cc(O)c3CC2O[C@@H]2O[C@H](C(=O)O)[C@@H](O)[C@H](O)[C@H]2O)ccc1O. The Bertz CT molecular complexity index is 1070. The third kappa shape index (κ3) is 4.29. The second kappa shape index (κ2) is 9.16. The lowest BCUT2D eigenvalue weighted by atomic mass is 9.93. The molecule has 34 heavy (non-hydrogen) atoms. The molecule has 2 aromatic rings. The van der Waals surface area contributed by atoms with Crippen molar-refractivity contribution in [3.63, 3.8) is 0 Å². The Labute approximate surface area is 192 Å². The van der Waals surface area contributed by atoms with E-state index in [2.05, 4.69) is 0 Å². The number of aliphatic hydroxyl groups excluding tert-OH is 3. The van der Waals surface area contributed by atoms with Crippen molar-refractivity contribution in [2.24, 2.45) is 0 Å². The predicted octanol–water partition coefficient (Wildman–Crippen LogP) is -0.234. The first-order valence-corrected chi connectivity index (χ1v) is 10.3. The van der Waals surface area contributed by atoms with Crippen LogP contribution in [0.1, 0.15) is 17.2 Å². The van der Waals surface area contributed by atoms with Crippen molar-refractivity contribution >= 4 is 5.97 Å². The van der Waals surface area contributed by atoms with Gasteiger partial charge in [0.25, 0.3) is 0 Å². The van der Waals surface area contributed by atoms with Crippen molar-refractivity contribution < 1.29 is 59.5 Å². The third-order valence-electron chi connectivity index (χ3n) is 5.82. The Kier molecular flexibility index (Phi) is 6.43. The van der Waals surface area contributed by atoms with Crippen LogP contribution < -0.4 is 9.47 Å². The van der Waals surface area contributed by atoms with Crippen molar-refractivity contribution in [3.05, 3.63) is 41.5 Å². The summed E-state index contributed by atoms with van der Waals surface area (Å²) in [5.41, 5.74) is 0.708. The Balaban J connectivity index is 1.71. The van der Waals surface area contributed by atoms with Crippen LogP contribution in [0.3, 0.4) is 0 Å². The van der Waals surface area contributed by atoms with E-state index in [-0.39, 0.29) is 40.7 Å². The average Bonchev–Trinajstić information content (AvgIpc) is 2.79. The lowest BCUT2D eigenvalue weighted by Crippen LogP contribution is -2.61. The van der Waals surface area contributed by atoms with Gasteiger partial charge in [0.2, 0.25) is 0 Å². The minimum atomic E-state index is -1.89. The van der Waals surface area contributed by atoms with Crippen LogP contribution in [0.25, 0.3) is 0 Å². The highest BCUT2D eigenvalue weighted by Gasteiger charge is 2.49. The summed E-state index contributed by atoms with van der Waals surface area (Å²) in [7, 11) is 1.35. The molecule has 2 heterocycles. The van der Waals surface area contributed by atoms with Gasteiger partial charge >= 0.3 is 5.97 Å². The van der Waals surface area contributed by atoms with Crippen molar-refractivity contribution in [2.45, 2.75) is 49.3 Å². The van der Waals surface area contributed by atoms with E-state index in [0.717, 1.165) is 6.07 Å². The molecule has 0 amide bonds. The van der Waals surface area contributed by atoms with Gasteiger partial charge in [-0.25, -0.2) is 4.79 Å². The van der Waals surface area contributed by atoms with Crippen molar-refractivity contribution in [1.82, 2.24) is 0 Å². The molecule has 2 aliphatic heterocycles. The molecule has 4 rings (SSSR count). The summed E-state index contributed by atoms with van der Waals surface area (Å²) in [6.45, 7) is 0. The quantitative estimate of drug-likeness (QED) is 0.297. The zero-order valence-electron chi connectivity index (χ0n) is 17.8. The number of benzene rings is 2. The normalized spacial score (nSPS) is 30.8. The highest BCUT2D eigenvalue weighted by atomic mass is 16.7. The topological polar surface area (TPSA) is 196 Å². The Hall–Kier alpha value is -3.29. The zero-order valence-corrected chi connectivity index (χ0v) is 17.8. The van der Waals surface area contributed by atoms with Gasteiger partial charge in [-0.1, -0.05) is 6.07 Å². The van der Waals surface area contributed by atoms with Gasteiger partial charge in [0.1, 0.15) is 41.7 Å². The van der Waals surface area contributed by atoms with Gasteiger partial charge in [-0.15, -0.1) is 0 Å². The number of hydrogen-bond acceptors (Lipinski definition) is 11. The van der Waals surface area contributed by atoms with Gasteiger partial charge in [-0.2, -0.15) is 0 Å². The first-order chi connectivity index (χ1) is 16.1. The molecule has 12 nitrogen and oxygen atoms in total. The van der Waals surface area contributed by atoms with E-state index < -0.39 is 48.9 Å². The van der Waals surface area contributed by atoms with Gasteiger partial charge < -0.3 is 54.7 Å². The minimum absolute atomic E-state index is 0.0295. The maximum atomic E-state index is 11.4. The molecule has 0 spiro atoms. The summed E-state index contributed by atoms with van der Waals surface area (Å²) in [5, 5.41) is 69.8. The van der Waals surface area contributed by atoms with Crippen LogP contribution in [0.5, 0.6) is 28.7 Å². The average molecular weight is 480 g/mol. The van der Waals surface area contributed by atoms with Crippen molar-refractivity contribution in [2.75, 3.05) is 7.11 Å². The van der Waals surface area contributed by atoms with Crippen molar-refractivity contribution in [3.8, 4) is 28.7 Å². The summed E-state index contributed by atoms with van der Waals surface area (Å²) < 4.78 is 22.2. The van der Waals surface area contributed by atoms with Crippen LogP contribution in [-0.2, 0) is 20.7 Å². The second-order valence-electron chi connectivity index (χ2n) is 8.03. The van der Waals surface area contributed by atoms with E-state index in [4.69, 9.17) is 18.9 Å². The molecular formula is C22H24O12. The van der Waals surface area contributed by atoms with E-state index in [1.54, 1.807) is 0 Å². The number of carboxylic acid groups (broad SMARTS) is 1. The Morgan fingerprint density at radius 3 is 2.41 bits per heavy atom. The lowest BCUT2D eigenvalue weighted by Gasteiger charge is -2.42. The number of phenols is 3. The first kappa shape index (κ1) is 23.9. The highest BCUT2D eigenvalue weighted by molar-refractivity contribution is 5.73. The number of fused-ring (bicyclic) bond motifs is 1. The minimum Gasteiger partial charge on any atom is -0.508 e. The lowest BCUT2D eigenvalue weighted by molar-refractivity contribution is -0.310. The van der Waals surface area contributed by atoms with Crippen LogP contribution in [0.4, 0.5) is 0 Å². The summed E-state index contributed by atoms with van der Waals surface area (Å²) in [5.74, 6) is -1.95. The predicted molar refractivity (Wildman–Crippen MR) is 111 cm³/mol. The molecule has 0 aliphatic carbocycles. The monoisotopic (exact) mass is 480 g/mol. The molecule has 0 saturated carbocycles. The zero-order chi connectivity index (χ0) is 24.7. The van der Waals surface area contributed by atoms with Crippen LogP contribution in [-0.4, -0.2) is 85.6 Å². The number of ether oxygens (including phenoxy) is 4. The molecule has 0 radical (unpaired) electrons. The number of aliphatic hydroxyl groups is 3. The van der Waals surface area contributed by atoms with Gasteiger partial charge in [0.15, 0.2) is 30.0 Å². The molecule has 184 valence electrons. The number of carbonyl (C=O) groups is 1. The fraction of sp³-hybridized carbons (Fsp3) is 0.409. The molecular weight excluding hydrogens is 456 g/mol. The van der Waals surface area contributed by atoms with Crippen LogP contribution in [0.2, 0.25) is 0 Å². The summed E-state index contributed by atoms with van der Waals surface area (Å²) in [4.78, 5) is 11.4. The Morgan fingerprint density at radius 2 is 1.74 bits per heavy atom. The second-order valence-corrected chi connectivity index (χ2v) is 8.03. The molecule has 2 aliphatic rings. The van der Waals surface area contributed by atoms with E-state index >= 15 is 0 Å². The van der Waals surface area contributed by atoms with E-state index in [9.17, 15) is 40.5 Å². The standard InChI is InChI=1S/C22H24O12/c1-31-14-4-8(2-3-11(14)24)19-15(7-10-12(25)5-9(23)6-13(10)32-19)33-22-18(28)16(26)17(27)20(34-22)21(29)30/h2-6,15-20,22-28H,7H2,1H3,(H,29,30)/t15?,16-,17-,18+,19?,20-,22+/m0/s1. The van der Waals surface area contributed by atoms with Crippen LogP contribution >= 0.6 is 0 Å². The maximum Gasteiger partial charge on any atom is 0.335 e. The molecule has 1 saturated heterocycles. The van der Waals surface area contributed by atoms with E-state index in [1.807, 2.05) is 0 Å². The molecule has 2 aromatic carbocycles. The Morgan fingerprint density at radius 1 is 1.00 bits per heavy atom.